The largest absolute Gasteiger partial charge is 0.673 e. The minimum absolute atomic E-state index is 0.977. The van der Waals surface area contributed by atoms with Gasteiger partial charge < -0.3 is 22.2 Å². The van der Waals surface area contributed by atoms with Crippen molar-refractivity contribution in [3.63, 3.8) is 0 Å². The van der Waals surface area contributed by atoms with Crippen LogP contribution in [0.3, 0.4) is 0 Å². The van der Waals surface area contributed by atoms with E-state index in [1.165, 1.54) is 0 Å². The third-order valence-electron chi connectivity index (χ3n) is 6.02. The summed E-state index contributed by atoms with van der Waals surface area (Å²) in [6, 6.07) is 32.2. The molecule has 5 aromatic heterocycles. The molecule has 0 unspecified atom stereocenters. The number of H-pyrrole nitrogens is 1. The Morgan fingerprint density at radius 2 is 0.786 bits per heavy atom. The molecule has 8 rings (SSSR count). The van der Waals surface area contributed by atoms with Gasteiger partial charge in [-0.25, -0.2) is 4.98 Å². The second kappa shape index (κ2) is 12.8. The standard InChI is InChI=1S/2C12H8N2.C7H6N2.BF4/c2*1-3-9-5-6-10-4-2-8-14-12(10)11(9)13-7-1;1-2-4-7-6(3-1)8-5-9-7;2-1(3,4)5/h2*1-8H;1-5H,(H,8,9);/q;;;-1. The van der Waals surface area contributed by atoms with E-state index in [9.17, 15) is 17.3 Å². The second-order valence-electron chi connectivity index (χ2n) is 8.85. The minimum Gasteiger partial charge on any atom is -0.418 e. The molecule has 3 aromatic carbocycles. The van der Waals surface area contributed by atoms with Crippen LogP contribution in [-0.2, 0) is 0 Å². The number of imidazole rings is 1. The predicted octanol–water partition coefficient (Wildman–Crippen LogP) is 8.43. The number of pyridine rings is 4. The van der Waals surface area contributed by atoms with Gasteiger partial charge in [0.1, 0.15) is 0 Å². The molecule has 42 heavy (non-hydrogen) atoms. The molecule has 0 spiro atoms. The lowest BCUT2D eigenvalue weighted by Crippen LogP contribution is -2.02. The Balaban J connectivity index is 0.000000119. The van der Waals surface area contributed by atoms with Crippen molar-refractivity contribution in [2.75, 3.05) is 0 Å². The molecule has 1 N–H and O–H groups in total. The van der Waals surface area contributed by atoms with Crippen LogP contribution in [0.4, 0.5) is 17.3 Å². The van der Waals surface area contributed by atoms with Crippen molar-refractivity contribution >= 4 is 61.9 Å². The summed E-state index contributed by atoms with van der Waals surface area (Å²) in [7, 11) is -6.00. The van der Waals surface area contributed by atoms with E-state index in [2.05, 4.69) is 78.4 Å². The first kappa shape index (κ1) is 28.1. The quantitative estimate of drug-likeness (QED) is 0.113. The lowest BCUT2D eigenvalue weighted by molar-refractivity contribution is 0.368. The normalized spacial score (nSPS) is 10.9. The van der Waals surface area contributed by atoms with E-state index in [1.807, 2.05) is 48.5 Å². The molecule has 5 heterocycles. The number of rotatable bonds is 0. The van der Waals surface area contributed by atoms with E-state index < -0.39 is 7.25 Å². The van der Waals surface area contributed by atoms with E-state index in [1.54, 1.807) is 31.1 Å². The van der Waals surface area contributed by atoms with Gasteiger partial charge in [0.2, 0.25) is 0 Å². The van der Waals surface area contributed by atoms with E-state index >= 15 is 0 Å². The number of fused-ring (bicyclic) bond motifs is 7. The summed E-state index contributed by atoms with van der Waals surface area (Å²) < 4.78 is 39.0. The van der Waals surface area contributed by atoms with Crippen LogP contribution in [0.1, 0.15) is 0 Å². The molecule has 0 aliphatic heterocycles. The number of hydrogen-bond acceptors (Lipinski definition) is 5. The van der Waals surface area contributed by atoms with Gasteiger partial charge in [0.05, 0.1) is 39.4 Å². The zero-order valence-electron chi connectivity index (χ0n) is 21.9. The maximum absolute atomic E-state index is 9.75. The monoisotopic (exact) mass is 565 g/mol. The molecule has 6 nitrogen and oxygen atoms in total. The van der Waals surface area contributed by atoms with Crippen LogP contribution >= 0.6 is 0 Å². The fraction of sp³-hybridized carbons (Fsp3) is 0. The number of nitrogens with one attached hydrogen (secondary N) is 1. The summed E-state index contributed by atoms with van der Waals surface area (Å²) in [4.78, 5) is 24.5. The fourth-order valence-corrected chi connectivity index (χ4v) is 4.24. The van der Waals surface area contributed by atoms with Gasteiger partial charge >= 0.3 is 7.25 Å². The van der Waals surface area contributed by atoms with Gasteiger partial charge in [0.15, 0.2) is 0 Å². The van der Waals surface area contributed by atoms with Crippen LogP contribution < -0.4 is 0 Å². The molecule has 0 radical (unpaired) electrons. The van der Waals surface area contributed by atoms with Crippen molar-refractivity contribution in [1.82, 2.24) is 29.9 Å². The molecule has 0 aliphatic rings. The van der Waals surface area contributed by atoms with E-state index in [-0.39, 0.29) is 0 Å². The third kappa shape index (κ3) is 7.19. The van der Waals surface area contributed by atoms with Crippen molar-refractivity contribution in [2.45, 2.75) is 0 Å². The summed E-state index contributed by atoms with van der Waals surface area (Å²) in [5, 5.41) is 4.55. The lowest BCUT2D eigenvalue weighted by Gasteiger charge is -2.00. The second-order valence-corrected chi connectivity index (χ2v) is 8.85. The molecule has 11 heteroatoms. The molecule has 208 valence electrons. The van der Waals surface area contributed by atoms with Crippen molar-refractivity contribution in [3.05, 3.63) is 128 Å². The fourth-order valence-electron chi connectivity index (χ4n) is 4.24. The van der Waals surface area contributed by atoms with Crippen molar-refractivity contribution in [2.24, 2.45) is 0 Å². The van der Waals surface area contributed by atoms with Crippen molar-refractivity contribution < 1.29 is 17.3 Å². The molecule has 0 saturated carbocycles. The topological polar surface area (TPSA) is 80.2 Å². The first-order valence-corrected chi connectivity index (χ1v) is 12.8. The molecule has 0 saturated heterocycles. The summed E-state index contributed by atoms with van der Waals surface area (Å²) in [6.07, 6.45) is 8.91. The van der Waals surface area contributed by atoms with Crippen molar-refractivity contribution in [3.8, 4) is 0 Å². The Morgan fingerprint density at radius 1 is 0.429 bits per heavy atom. The van der Waals surface area contributed by atoms with Crippen LogP contribution in [0.5, 0.6) is 0 Å². The number of aromatic nitrogens is 6. The molecule has 0 atom stereocenters. The number of aromatic amines is 1. The Morgan fingerprint density at radius 3 is 1.14 bits per heavy atom. The Hall–Kier alpha value is -5.45. The molecule has 8 aromatic rings. The average Bonchev–Trinajstić information content (AvgIpc) is 3.50. The summed E-state index contributed by atoms with van der Waals surface area (Å²) in [6.45, 7) is 0. The van der Waals surface area contributed by atoms with Gasteiger partial charge in [0, 0.05) is 46.3 Å². The number of hydrogen-bond donors (Lipinski definition) is 1. The first-order valence-electron chi connectivity index (χ1n) is 12.8. The van der Waals surface area contributed by atoms with Crippen LogP contribution in [0.2, 0.25) is 0 Å². The average molecular weight is 565 g/mol. The Labute approximate surface area is 237 Å². The van der Waals surface area contributed by atoms with E-state index in [4.69, 9.17) is 0 Å². The van der Waals surface area contributed by atoms with Gasteiger partial charge in [-0.1, -0.05) is 60.7 Å². The van der Waals surface area contributed by atoms with Crippen LogP contribution in [-0.4, -0.2) is 37.2 Å². The van der Waals surface area contributed by atoms with Crippen LogP contribution in [0, 0.1) is 0 Å². The Kier molecular flexibility index (Phi) is 8.57. The lowest BCUT2D eigenvalue weighted by atomic mass is 10.1. The zero-order valence-corrected chi connectivity index (χ0v) is 21.9. The van der Waals surface area contributed by atoms with E-state index in [0.29, 0.717) is 0 Å². The highest BCUT2D eigenvalue weighted by Crippen LogP contribution is 2.21. The number of benzene rings is 3. The maximum atomic E-state index is 9.75. The van der Waals surface area contributed by atoms with Gasteiger partial charge in [-0.05, 0) is 36.4 Å². The van der Waals surface area contributed by atoms with Gasteiger partial charge in [0.25, 0.3) is 0 Å². The molecule has 0 fully saturated rings. The number of nitrogens with zero attached hydrogens (tertiary/aromatic N) is 5. The highest BCUT2D eigenvalue weighted by Gasteiger charge is 2.20. The first-order chi connectivity index (χ1) is 20.4. The van der Waals surface area contributed by atoms with Crippen LogP contribution in [0.25, 0.3) is 54.6 Å². The molecule has 0 aliphatic carbocycles. The summed E-state index contributed by atoms with van der Waals surface area (Å²) in [5.74, 6) is 0. The van der Waals surface area contributed by atoms with Gasteiger partial charge in [-0.3, -0.25) is 19.9 Å². The maximum Gasteiger partial charge on any atom is 0.673 e. The highest BCUT2D eigenvalue weighted by atomic mass is 19.5. The smallest absolute Gasteiger partial charge is 0.418 e. The third-order valence-corrected chi connectivity index (χ3v) is 6.02. The predicted molar refractivity (Wildman–Crippen MR) is 160 cm³/mol. The van der Waals surface area contributed by atoms with Crippen molar-refractivity contribution in [1.29, 1.82) is 0 Å². The SMILES string of the molecule is F[B-](F)(F)F.c1ccc2[nH]cnc2c1.c1cnc2c(c1)ccc1cccnc12.c1cnc2c(c1)ccc1cccnc12. The molecule has 0 bridgehead atoms. The molecular formula is C31H22BF4N6-. The zero-order chi connectivity index (χ0) is 29.4. The highest BCUT2D eigenvalue weighted by molar-refractivity contribution is 6.50. The van der Waals surface area contributed by atoms with Gasteiger partial charge in [-0.15, -0.1) is 0 Å². The molecular weight excluding hydrogens is 543 g/mol. The van der Waals surface area contributed by atoms with E-state index in [0.717, 1.165) is 54.6 Å². The number of para-hydroxylation sites is 2. The minimum atomic E-state index is -6.00. The Bertz CT molecular complexity index is 1820. The van der Waals surface area contributed by atoms with Crippen LogP contribution in [0.15, 0.2) is 128 Å². The molecule has 0 amide bonds. The summed E-state index contributed by atoms with van der Waals surface area (Å²) in [5.41, 5.74) is 6.03. The summed E-state index contributed by atoms with van der Waals surface area (Å²) >= 11 is 0. The number of halogens is 4. The van der Waals surface area contributed by atoms with Gasteiger partial charge in [-0.2, -0.15) is 0 Å².